The molecule has 0 aliphatic carbocycles. The zero-order valence-corrected chi connectivity index (χ0v) is 30.2. The number of carbonyl (C=O) groups excluding carboxylic acids is 3. The zero-order chi connectivity index (χ0) is 35.8. The van der Waals surface area contributed by atoms with Crippen LogP contribution in [0.15, 0.2) is 24.3 Å². The minimum absolute atomic E-state index is 0.00837. The summed E-state index contributed by atoms with van der Waals surface area (Å²) in [6, 6.07) is 0. The first kappa shape index (κ1) is 39.9. The van der Waals surface area contributed by atoms with E-state index in [4.69, 9.17) is 18.9 Å². The van der Waals surface area contributed by atoms with Gasteiger partial charge in [0.05, 0.1) is 36.4 Å². The number of amides is 1. The molecule has 11 atom stereocenters. The van der Waals surface area contributed by atoms with Crippen molar-refractivity contribution in [3.05, 3.63) is 24.3 Å². The van der Waals surface area contributed by atoms with Crippen molar-refractivity contribution in [1.82, 2.24) is 9.80 Å². The Bertz CT molecular complexity index is 1140. The average molecular weight is 681 g/mol. The molecule has 0 saturated carbocycles. The highest BCUT2D eigenvalue weighted by Gasteiger charge is 2.47. The van der Waals surface area contributed by atoms with E-state index < -0.39 is 53.6 Å². The number of epoxide rings is 1. The SMILES string of the molecule is CC[C@H](O)[C@@H](C)[C@H]1O[C@@H]1C[C@@](C)(O)/C=C/CC(C)[C@H]1OC(=O)C[C@H](O)CC[C@@](C)(OC(=O)N2CCN(C)CC2)[C@@H](OC(C)=O)/C=C/[C@@H]1C. The van der Waals surface area contributed by atoms with Gasteiger partial charge in [0.2, 0.25) is 0 Å². The number of aliphatic hydroxyl groups is 3. The summed E-state index contributed by atoms with van der Waals surface area (Å²) < 4.78 is 23.5. The molecule has 0 aromatic heterocycles. The van der Waals surface area contributed by atoms with E-state index in [9.17, 15) is 29.7 Å². The highest BCUT2D eigenvalue weighted by atomic mass is 16.6. The van der Waals surface area contributed by atoms with Gasteiger partial charge in [-0.15, -0.1) is 0 Å². The third-order valence-corrected chi connectivity index (χ3v) is 10.1. The van der Waals surface area contributed by atoms with Gasteiger partial charge in [0.15, 0.2) is 11.7 Å². The van der Waals surface area contributed by atoms with Crippen LogP contribution in [-0.2, 0) is 28.5 Å². The lowest BCUT2D eigenvalue weighted by molar-refractivity contribution is -0.159. The van der Waals surface area contributed by atoms with Gasteiger partial charge < -0.3 is 44.1 Å². The predicted molar refractivity (Wildman–Crippen MR) is 180 cm³/mol. The van der Waals surface area contributed by atoms with Crippen LogP contribution in [0.1, 0.15) is 87.0 Å². The smallest absolute Gasteiger partial charge is 0.410 e. The maximum absolute atomic E-state index is 13.3. The topological polar surface area (TPSA) is 159 Å². The Morgan fingerprint density at radius 1 is 1.19 bits per heavy atom. The fourth-order valence-corrected chi connectivity index (χ4v) is 6.65. The lowest BCUT2D eigenvalue weighted by Crippen LogP contribution is -2.52. The normalized spacial score (nSPS) is 34.5. The van der Waals surface area contributed by atoms with Gasteiger partial charge in [0, 0.05) is 51.4 Å². The molecule has 0 aromatic rings. The monoisotopic (exact) mass is 680 g/mol. The number of piperazine rings is 1. The largest absolute Gasteiger partial charge is 0.461 e. The van der Waals surface area contributed by atoms with Gasteiger partial charge >= 0.3 is 18.0 Å². The van der Waals surface area contributed by atoms with E-state index in [0.717, 1.165) is 0 Å². The fourth-order valence-electron chi connectivity index (χ4n) is 6.65. The molecule has 2 fully saturated rings. The number of esters is 2. The second-order valence-electron chi connectivity index (χ2n) is 14.7. The molecular formula is C36H60N2O10. The molecule has 1 unspecified atom stereocenters. The minimum Gasteiger partial charge on any atom is -0.461 e. The zero-order valence-electron chi connectivity index (χ0n) is 30.2. The Hall–Kier alpha value is -2.51. The van der Waals surface area contributed by atoms with Gasteiger partial charge in [0.1, 0.15) is 6.10 Å². The molecule has 2 saturated heterocycles. The number of nitrogens with zero attached hydrogens (tertiary/aromatic N) is 2. The molecule has 0 bridgehead atoms. The van der Waals surface area contributed by atoms with E-state index in [0.29, 0.717) is 45.4 Å². The van der Waals surface area contributed by atoms with Crippen molar-refractivity contribution < 1.29 is 48.7 Å². The molecule has 12 heteroatoms. The third kappa shape index (κ3) is 11.8. The first-order valence-electron chi connectivity index (χ1n) is 17.6. The molecule has 3 aliphatic heterocycles. The molecule has 12 nitrogen and oxygen atoms in total. The summed E-state index contributed by atoms with van der Waals surface area (Å²) in [6.07, 6.45) is 4.90. The fraction of sp³-hybridized carbons (Fsp3) is 0.806. The molecule has 0 aromatic carbocycles. The number of rotatable bonds is 11. The van der Waals surface area contributed by atoms with Crippen molar-refractivity contribution in [2.45, 2.75) is 135 Å². The molecule has 3 heterocycles. The van der Waals surface area contributed by atoms with Crippen LogP contribution in [0.2, 0.25) is 0 Å². The van der Waals surface area contributed by atoms with E-state index in [2.05, 4.69) is 4.90 Å². The number of likely N-dealkylation sites (N-methyl/N-ethyl adjacent to an activating group) is 1. The van der Waals surface area contributed by atoms with E-state index in [1.165, 1.54) is 6.92 Å². The molecule has 3 aliphatic rings. The summed E-state index contributed by atoms with van der Waals surface area (Å²) in [5, 5.41) is 32.0. The maximum atomic E-state index is 13.3. The molecule has 0 radical (unpaired) electrons. The number of ether oxygens (including phenoxy) is 4. The van der Waals surface area contributed by atoms with Crippen molar-refractivity contribution in [3.63, 3.8) is 0 Å². The van der Waals surface area contributed by atoms with Crippen LogP contribution in [-0.4, -0.2) is 124 Å². The Balaban J connectivity index is 1.75. The standard InChI is InChI=1S/C36H60N2O10/c1-9-28(41)25(4)33-29(46-33)22-35(6,44)15-10-11-23(2)32-24(3)12-13-30(45-26(5)39)36(7,16-14-27(40)21-31(42)47-32)48-34(43)38-19-17-37(8)18-20-38/h10,12-13,15,23-25,27-30,32-33,40-41,44H,9,11,14,16-22H2,1-8H3/b13-12+,15-10+/t23?,24-,25+,27+,28-,29+,30-,32+,33+,35-,36+/m0/s1. The van der Waals surface area contributed by atoms with Crippen molar-refractivity contribution in [1.29, 1.82) is 0 Å². The van der Waals surface area contributed by atoms with Crippen LogP contribution in [0.3, 0.4) is 0 Å². The number of allylic oxidation sites excluding steroid dienone is 1. The van der Waals surface area contributed by atoms with Crippen LogP contribution in [0.5, 0.6) is 0 Å². The molecule has 274 valence electrons. The van der Waals surface area contributed by atoms with E-state index in [-0.39, 0.29) is 49.2 Å². The average Bonchev–Trinajstić information content (AvgIpc) is 3.77. The Labute approximate surface area is 286 Å². The van der Waals surface area contributed by atoms with Gasteiger partial charge in [-0.1, -0.05) is 45.9 Å². The van der Waals surface area contributed by atoms with Gasteiger partial charge in [-0.2, -0.15) is 0 Å². The predicted octanol–water partition coefficient (Wildman–Crippen LogP) is 3.61. The van der Waals surface area contributed by atoms with Crippen molar-refractivity contribution in [2.75, 3.05) is 33.2 Å². The summed E-state index contributed by atoms with van der Waals surface area (Å²) in [5.41, 5.74) is -2.43. The first-order chi connectivity index (χ1) is 22.4. The van der Waals surface area contributed by atoms with Crippen molar-refractivity contribution in [2.24, 2.45) is 17.8 Å². The third-order valence-electron chi connectivity index (χ3n) is 10.1. The Morgan fingerprint density at radius 3 is 2.48 bits per heavy atom. The van der Waals surface area contributed by atoms with Crippen LogP contribution in [0.4, 0.5) is 4.79 Å². The number of carbonyl (C=O) groups is 3. The lowest BCUT2D eigenvalue weighted by atomic mass is 9.86. The summed E-state index contributed by atoms with van der Waals surface area (Å²) in [5.74, 6) is -1.61. The quantitative estimate of drug-likeness (QED) is 0.127. The second-order valence-corrected chi connectivity index (χ2v) is 14.7. The summed E-state index contributed by atoms with van der Waals surface area (Å²) in [4.78, 5) is 42.3. The number of hydrogen-bond acceptors (Lipinski definition) is 11. The van der Waals surface area contributed by atoms with Crippen molar-refractivity contribution in [3.8, 4) is 0 Å². The minimum atomic E-state index is -1.31. The van der Waals surface area contributed by atoms with E-state index in [1.54, 1.807) is 30.9 Å². The highest BCUT2D eigenvalue weighted by Crippen LogP contribution is 2.38. The Kier molecular flexibility index (Phi) is 14.5. The summed E-state index contributed by atoms with van der Waals surface area (Å²) in [6.45, 7) is 14.9. The highest BCUT2D eigenvalue weighted by molar-refractivity contribution is 5.70. The Morgan fingerprint density at radius 2 is 1.85 bits per heavy atom. The number of aliphatic hydroxyl groups excluding tert-OH is 2. The van der Waals surface area contributed by atoms with Crippen LogP contribution in [0.25, 0.3) is 0 Å². The summed E-state index contributed by atoms with van der Waals surface area (Å²) in [7, 11) is 1.99. The second kappa shape index (κ2) is 17.4. The molecule has 48 heavy (non-hydrogen) atoms. The van der Waals surface area contributed by atoms with Gasteiger partial charge in [0.25, 0.3) is 0 Å². The molecule has 3 rings (SSSR count). The maximum Gasteiger partial charge on any atom is 0.410 e. The molecule has 0 spiro atoms. The van der Waals surface area contributed by atoms with Gasteiger partial charge in [-0.05, 0) is 58.6 Å². The van der Waals surface area contributed by atoms with Gasteiger partial charge in [-0.25, -0.2) is 4.79 Å². The van der Waals surface area contributed by atoms with Crippen LogP contribution >= 0.6 is 0 Å². The van der Waals surface area contributed by atoms with Gasteiger partial charge in [-0.3, -0.25) is 9.59 Å². The number of hydrogen-bond donors (Lipinski definition) is 3. The number of cyclic esters (lactones) is 1. The first-order valence-corrected chi connectivity index (χ1v) is 17.6. The molecule has 3 N–H and O–H groups in total. The lowest BCUT2D eigenvalue weighted by Gasteiger charge is -2.39. The van der Waals surface area contributed by atoms with E-state index >= 15 is 0 Å². The van der Waals surface area contributed by atoms with Crippen LogP contribution < -0.4 is 0 Å². The summed E-state index contributed by atoms with van der Waals surface area (Å²) >= 11 is 0. The molecule has 1 amide bonds. The molecular weight excluding hydrogens is 620 g/mol. The van der Waals surface area contributed by atoms with Crippen LogP contribution in [0, 0.1) is 17.8 Å². The van der Waals surface area contributed by atoms with Crippen molar-refractivity contribution >= 4 is 18.0 Å². The van der Waals surface area contributed by atoms with E-state index in [1.807, 2.05) is 46.9 Å².